The molecule has 0 bridgehead atoms. The molecule has 1 aromatic carbocycles. The predicted octanol–water partition coefficient (Wildman–Crippen LogP) is 3.63. The van der Waals surface area contributed by atoms with Gasteiger partial charge in [0.2, 0.25) is 0 Å². The highest BCUT2D eigenvalue weighted by Gasteiger charge is 2.23. The summed E-state index contributed by atoms with van der Waals surface area (Å²) < 4.78 is 15.1. The number of H-pyrrole nitrogens is 1. The molecule has 4 rings (SSSR count). The van der Waals surface area contributed by atoms with Crippen molar-refractivity contribution in [3.05, 3.63) is 35.2 Å². The lowest BCUT2D eigenvalue weighted by molar-refractivity contribution is 0.576. The highest BCUT2D eigenvalue weighted by Crippen LogP contribution is 2.31. The standard InChI is InChI=1S/C14H12ClFN4/c15-10-5-9(3-4-11(10)16)13-18-12-6-17-20(14(12)19-13)7-8-1-2-8/h3-6,8H,1-2,7H2,(H,18,19). The van der Waals surface area contributed by atoms with E-state index in [0.717, 1.165) is 29.2 Å². The number of hydrogen-bond donors (Lipinski definition) is 1. The van der Waals surface area contributed by atoms with Crippen molar-refractivity contribution in [2.24, 2.45) is 5.92 Å². The van der Waals surface area contributed by atoms with E-state index in [4.69, 9.17) is 11.6 Å². The molecule has 0 saturated heterocycles. The molecule has 0 aliphatic heterocycles. The molecule has 6 heteroatoms. The number of nitrogens with zero attached hydrogens (tertiary/aromatic N) is 3. The third kappa shape index (κ3) is 1.98. The largest absolute Gasteiger partial charge is 0.335 e. The third-order valence-electron chi connectivity index (χ3n) is 3.60. The van der Waals surface area contributed by atoms with Gasteiger partial charge in [0.25, 0.3) is 0 Å². The number of benzene rings is 1. The Kier molecular flexibility index (Phi) is 2.57. The van der Waals surface area contributed by atoms with Crippen LogP contribution in [0.1, 0.15) is 12.8 Å². The normalized spacial score (nSPS) is 15.1. The minimum atomic E-state index is -0.425. The van der Waals surface area contributed by atoms with E-state index in [1.165, 1.54) is 18.9 Å². The number of rotatable bonds is 3. The van der Waals surface area contributed by atoms with Crippen molar-refractivity contribution in [1.29, 1.82) is 0 Å². The lowest BCUT2D eigenvalue weighted by atomic mass is 10.2. The van der Waals surface area contributed by atoms with Crippen LogP contribution in [0.15, 0.2) is 24.4 Å². The molecule has 0 unspecified atom stereocenters. The lowest BCUT2D eigenvalue weighted by Crippen LogP contribution is -2.01. The summed E-state index contributed by atoms with van der Waals surface area (Å²) in [6, 6.07) is 4.59. The van der Waals surface area contributed by atoms with Gasteiger partial charge in [-0.25, -0.2) is 14.1 Å². The Balaban J connectivity index is 1.75. The van der Waals surface area contributed by atoms with Gasteiger partial charge in [0.1, 0.15) is 17.2 Å². The molecule has 4 nitrogen and oxygen atoms in total. The molecule has 1 aliphatic carbocycles. The Morgan fingerprint density at radius 2 is 2.25 bits per heavy atom. The fourth-order valence-electron chi connectivity index (χ4n) is 2.31. The Bertz CT molecular complexity index is 788. The molecule has 3 aromatic rings. The molecule has 0 radical (unpaired) electrons. The minimum absolute atomic E-state index is 0.0996. The summed E-state index contributed by atoms with van der Waals surface area (Å²) >= 11 is 5.81. The number of aromatic nitrogens is 4. The van der Waals surface area contributed by atoms with Crippen molar-refractivity contribution < 1.29 is 4.39 Å². The van der Waals surface area contributed by atoms with Crippen molar-refractivity contribution in [3.8, 4) is 11.4 Å². The van der Waals surface area contributed by atoms with Crippen LogP contribution in [0.2, 0.25) is 5.02 Å². The van der Waals surface area contributed by atoms with E-state index in [1.54, 1.807) is 18.3 Å². The van der Waals surface area contributed by atoms with Crippen molar-refractivity contribution in [2.75, 3.05) is 0 Å². The second-order valence-corrected chi connectivity index (χ2v) is 5.63. The second-order valence-electron chi connectivity index (χ2n) is 5.22. The zero-order valence-electron chi connectivity index (χ0n) is 10.6. The van der Waals surface area contributed by atoms with E-state index < -0.39 is 5.82 Å². The van der Waals surface area contributed by atoms with E-state index in [0.29, 0.717) is 5.82 Å². The number of imidazole rings is 1. The molecule has 1 fully saturated rings. The maximum Gasteiger partial charge on any atom is 0.176 e. The van der Waals surface area contributed by atoms with Gasteiger partial charge in [-0.05, 0) is 37.0 Å². The second kappa shape index (κ2) is 4.31. The summed E-state index contributed by atoms with van der Waals surface area (Å²) in [5.41, 5.74) is 2.50. The molecule has 1 aliphatic rings. The average Bonchev–Trinajstić information content (AvgIpc) is 3.02. The summed E-state index contributed by atoms with van der Waals surface area (Å²) in [7, 11) is 0. The van der Waals surface area contributed by atoms with Gasteiger partial charge >= 0.3 is 0 Å². The van der Waals surface area contributed by atoms with Crippen molar-refractivity contribution >= 4 is 22.8 Å². The lowest BCUT2D eigenvalue weighted by Gasteiger charge is -2.00. The van der Waals surface area contributed by atoms with Crippen LogP contribution in [0.4, 0.5) is 4.39 Å². The number of nitrogens with one attached hydrogen (secondary N) is 1. The fraction of sp³-hybridized carbons (Fsp3) is 0.286. The Hall–Kier alpha value is -1.88. The molecule has 2 aromatic heterocycles. The number of halogens is 2. The van der Waals surface area contributed by atoms with E-state index in [-0.39, 0.29) is 5.02 Å². The van der Waals surface area contributed by atoms with Crippen LogP contribution in [0, 0.1) is 11.7 Å². The van der Waals surface area contributed by atoms with Crippen LogP contribution >= 0.6 is 11.6 Å². The monoisotopic (exact) mass is 290 g/mol. The SMILES string of the molecule is Fc1ccc(-c2nc3c(cnn3CC3CC3)[nH]2)cc1Cl. The summed E-state index contributed by atoms with van der Waals surface area (Å²) in [6.45, 7) is 0.915. The van der Waals surface area contributed by atoms with Gasteiger partial charge in [0.15, 0.2) is 5.65 Å². The van der Waals surface area contributed by atoms with Gasteiger partial charge in [0.05, 0.1) is 11.2 Å². The Labute approximate surface area is 119 Å². The molecule has 2 heterocycles. The summed E-state index contributed by atoms with van der Waals surface area (Å²) in [5, 5.41) is 4.44. The zero-order valence-corrected chi connectivity index (χ0v) is 11.4. The zero-order chi connectivity index (χ0) is 13.7. The fourth-order valence-corrected chi connectivity index (χ4v) is 2.49. The van der Waals surface area contributed by atoms with Gasteiger partial charge in [0, 0.05) is 12.1 Å². The number of fused-ring (bicyclic) bond motifs is 1. The maximum absolute atomic E-state index is 13.2. The topological polar surface area (TPSA) is 46.5 Å². The molecule has 102 valence electrons. The molecule has 20 heavy (non-hydrogen) atoms. The first kappa shape index (κ1) is 11.9. The third-order valence-corrected chi connectivity index (χ3v) is 3.89. The summed E-state index contributed by atoms with van der Waals surface area (Å²) in [4.78, 5) is 7.76. The molecule has 0 amide bonds. The van der Waals surface area contributed by atoms with Crippen LogP contribution in [0.3, 0.4) is 0 Å². The van der Waals surface area contributed by atoms with Gasteiger partial charge in [-0.2, -0.15) is 5.10 Å². The predicted molar refractivity (Wildman–Crippen MR) is 75.0 cm³/mol. The first-order valence-electron chi connectivity index (χ1n) is 6.57. The molecular formula is C14H12ClFN4. The number of hydrogen-bond acceptors (Lipinski definition) is 2. The van der Waals surface area contributed by atoms with Gasteiger partial charge < -0.3 is 4.98 Å². The van der Waals surface area contributed by atoms with Crippen molar-refractivity contribution in [3.63, 3.8) is 0 Å². The van der Waals surface area contributed by atoms with Crippen LogP contribution in [0.25, 0.3) is 22.6 Å². The first-order valence-corrected chi connectivity index (χ1v) is 6.95. The van der Waals surface area contributed by atoms with Crippen LogP contribution in [0.5, 0.6) is 0 Å². The molecule has 0 atom stereocenters. The van der Waals surface area contributed by atoms with E-state index in [9.17, 15) is 4.39 Å². The molecular weight excluding hydrogens is 279 g/mol. The van der Waals surface area contributed by atoms with Gasteiger partial charge in [-0.3, -0.25) is 0 Å². The van der Waals surface area contributed by atoms with Crippen molar-refractivity contribution in [2.45, 2.75) is 19.4 Å². The minimum Gasteiger partial charge on any atom is -0.335 e. The highest BCUT2D eigenvalue weighted by molar-refractivity contribution is 6.31. The van der Waals surface area contributed by atoms with Gasteiger partial charge in [-0.15, -0.1) is 0 Å². The first-order chi connectivity index (χ1) is 9.70. The molecule has 1 saturated carbocycles. The highest BCUT2D eigenvalue weighted by atomic mass is 35.5. The van der Waals surface area contributed by atoms with Crippen molar-refractivity contribution in [1.82, 2.24) is 19.7 Å². The number of aromatic amines is 1. The summed E-state index contributed by atoms with van der Waals surface area (Å²) in [6.07, 6.45) is 4.32. The van der Waals surface area contributed by atoms with E-state index in [2.05, 4.69) is 15.1 Å². The smallest absolute Gasteiger partial charge is 0.176 e. The van der Waals surface area contributed by atoms with Crippen LogP contribution < -0.4 is 0 Å². The summed E-state index contributed by atoms with van der Waals surface area (Å²) in [5.74, 6) is 0.994. The van der Waals surface area contributed by atoms with E-state index in [1.807, 2.05) is 4.68 Å². The van der Waals surface area contributed by atoms with E-state index >= 15 is 0 Å². The average molecular weight is 291 g/mol. The Morgan fingerprint density at radius 1 is 1.40 bits per heavy atom. The molecule has 0 spiro atoms. The van der Waals surface area contributed by atoms with Gasteiger partial charge in [-0.1, -0.05) is 11.6 Å². The Morgan fingerprint density at radius 3 is 3.00 bits per heavy atom. The quantitative estimate of drug-likeness (QED) is 0.800. The van der Waals surface area contributed by atoms with Crippen LogP contribution in [-0.2, 0) is 6.54 Å². The maximum atomic E-state index is 13.2. The molecule has 1 N–H and O–H groups in total. The van der Waals surface area contributed by atoms with Crippen LogP contribution in [-0.4, -0.2) is 19.7 Å².